The molecule has 0 saturated carbocycles. The smallest absolute Gasteiger partial charge is 0.317 e. The molecule has 24 heavy (non-hydrogen) atoms. The lowest BCUT2D eigenvalue weighted by Crippen LogP contribution is -2.49. The number of nitrogens with zero attached hydrogens (tertiary/aromatic N) is 3. The Bertz CT molecular complexity index is 605. The highest BCUT2D eigenvalue weighted by molar-refractivity contribution is 5.96. The van der Waals surface area contributed by atoms with Crippen LogP contribution >= 0.6 is 0 Å². The van der Waals surface area contributed by atoms with Gasteiger partial charge in [-0.2, -0.15) is 0 Å². The van der Waals surface area contributed by atoms with Crippen LogP contribution in [0.1, 0.15) is 31.1 Å². The van der Waals surface area contributed by atoms with Crippen LogP contribution in [0.5, 0.6) is 5.88 Å². The standard InChI is InChI=1S/C17H26N4O3/c1-11(2)19-17(23)21(5)10-14-12(3)9-20(4)16(22)13-7-6-8-18-15(13)24-14/h6-8,11-12,14H,9-10H2,1-5H3,(H,19,23)/t12-,14+/m0/s1. The molecule has 0 unspecified atom stereocenters. The predicted octanol–water partition coefficient (Wildman–Crippen LogP) is 1.60. The van der Waals surface area contributed by atoms with Gasteiger partial charge in [-0.05, 0) is 26.0 Å². The van der Waals surface area contributed by atoms with Gasteiger partial charge in [0.25, 0.3) is 5.91 Å². The second kappa shape index (κ2) is 7.51. The number of fused-ring (bicyclic) bond motifs is 1. The van der Waals surface area contributed by atoms with E-state index in [-0.39, 0.29) is 30.0 Å². The van der Waals surface area contributed by atoms with Crippen LogP contribution in [0.15, 0.2) is 18.3 Å². The zero-order chi connectivity index (χ0) is 17.9. The molecule has 3 amide bonds. The van der Waals surface area contributed by atoms with E-state index in [1.165, 1.54) is 0 Å². The van der Waals surface area contributed by atoms with Crippen LogP contribution < -0.4 is 10.1 Å². The van der Waals surface area contributed by atoms with E-state index in [2.05, 4.69) is 10.3 Å². The second-order valence-corrected chi connectivity index (χ2v) is 6.66. The number of rotatable bonds is 3. The molecular weight excluding hydrogens is 308 g/mol. The van der Waals surface area contributed by atoms with Gasteiger partial charge in [0.05, 0.1) is 6.54 Å². The third kappa shape index (κ3) is 4.15. The Morgan fingerprint density at radius 3 is 2.92 bits per heavy atom. The van der Waals surface area contributed by atoms with Crippen molar-refractivity contribution >= 4 is 11.9 Å². The molecule has 1 aliphatic rings. The van der Waals surface area contributed by atoms with Gasteiger partial charge >= 0.3 is 6.03 Å². The lowest BCUT2D eigenvalue weighted by Gasteiger charge is -2.34. The minimum Gasteiger partial charge on any atom is -0.472 e. The number of carbonyl (C=O) groups is 2. The highest BCUT2D eigenvalue weighted by Crippen LogP contribution is 2.24. The third-order valence-corrected chi connectivity index (χ3v) is 4.02. The summed E-state index contributed by atoms with van der Waals surface area (Å²) in [6.07, 6.45) is 1.35. The van der Waals surface area contributed by atoms with E-state index in [9.17, 15) is 9.59 Å². The number of nitrogens with one attached hydrogen (secondary N) is 1. The fraction of sp³-hybridized carbons (Fsp3) is 0.588. The van der Waals surface area contributed by atoms with Crippen molar-refractivity contribution < 1.29 is 14.3 Å². The first-order chi connectivity index (χ1) is 11.3. The van der Waals surface area contributed by atoms with Gasteiger partial charge in [-0.15, -0.1) is 0 Å². The van der Waals surface area contributed by atoms with Gasteiger partial charge in [0.2, 0.25) is 5.88 Å². The quantitative estimate of drug-likeness (QED) is 0.911. The van der Waals surface area contributed by atoms with Gasteiger partial charge in [-0.3, -0.25) is 4.79 Å². The van der Waals surface area contributed by atoms with Crippen molar-refractivity contribution in [1.82, 2.24) is 20.1 Å². The molecule has 0 bridgehead atoms. The predicted molar refractivity (Wildman–Crippen MR) is 91.1 cm³/mol. The zero-order valence-corrected chi connectivity index (χ0v) is 14.9. The number of amides is 3. The summed E-state index contributed by atoms with van der Waals surface area (Å²) in [5, 5.41) is 2.86. The zero-order valence-electron chi connectivity index (χ0n) is 14.9. The number of carbonyl (C=O) groups excluding carboxylic acids is 2. The Morgan fingerprint density at radius 2 is 2.25 bits per heavy atom. The minimum atomic E-state index is -0.253. The van der Waals surface area contributed by atoms with Crippen LogP contribution in [0.3, 0.4) is 0 Å². The van der Waals surface area contributed by atoms with Crippen molar-refractivity contribution in [2.75, 3.05) is 27.2 Å². The fourth-order valence-corrected chi connectivity index (χ4v) is 2.67. The summed E-state index contributed by atoms with van der Waals surface area (Å²) in [6, 6.07) is 3.36. The molecule has 7 nitrogen and oxygen atoms in total. The highest BCUT2D eigenvalue weighted by atomic mass is 16.5. The number of hydrogen-bond donors (Lipinski definition) is 1. The van der Waals surface area contributed by atoms with Crippen molar-refractivity contribution in [2.45, 2.75) is 32.9 Å². The van der Waals surface area contributed by atoms with Crippen LogP contribution in [-0.2, 0) is 0 Å². The first kappa shape index (κ1) is 18.0. The molecule has 0 spiro atoms. The molecular formula is C17H26N4O3. The van der Waals surface area contributed by atoms with Gasteiger partial charge in [-0.1, -0.05) is 6.92 Å². The normalized spacial score (nSPS) is 20.8. The van der Waals surface area contributed by atoms with Crippen molar-refractivity contribution in [3.05, 3.63) is 23.9 Å². The molecule has 0 saturated heterocycles. The minimum absolute atomic E-state index is 0.0587. The van der Waals surface area contributed by atoms with Gasteiger partial charge in [0, 0.05) is 38.8 Å². The van der Waals surface area contributed by atoms with Crippen molar-refractivity contribution in [3.63, 3.8) is 0 Å². The summed E-state index contributed by atoms with van der Waals surface area (Å²) >= 11 is 0. The Balaban J connectivity index is 2.19. The maximum absolute atomic E-state index is 12.4. The van der Waals surface area contributed by atoms with Gasteiger partial charge in [0.1, 0.15) is 11.7 Å². The summed E-state index contributed by atoms with van der Waals surface area (Å²) < 4.78 is 6.01. The number of urea groups is 1. The molecule has 0 aliphatic carbocycles. The van der Waals surface area contributed by atoms with Gasteiger partial charge in [-0.25, -0.2) is 9.78 Å². The van der Waals surface area contributed by atoms with Crippen molar-refractivity contribution in [1.29, 1.82) is 0 Å². The summed E-state index contributed by atoms with van der Waals surface area (Å²) in [5.41, 5.74) is 0.450. The van der Waals surface area contributed by atoms with Crippen LogP contribution in [0.25, 0.3) is 0 Å². The summed E-state index contributed by atoms with van der Waals surface area (Å²) in [7, 11) is 3.51. The Kier molecular flexibility index (Phi) is 5.64. The molecule has 0 aromatic carbocycles. The fourth-order valence-electron chi connectivity index (χ4n) is 2.67. The SMILES string of the molecule is CC(C)NC(=O)N(C)C[C@H]1Oc2ncccc2C(=O)N(C)C[C@@H]1C. The molecule has 132 valence electrons. The molecule has 1 aliphatic heterocycles. The molecule has 2 rings (SSSR count). The summed E-state index contributed by atoms with van der Waals surface area (Å²) in [5.74, 6) is 0.279. The Hall–Kier alpha value is -2.31. The van der Waals surface area contributed by atoms with E-state index >= 15 is 0 Å². The highest BCUT2D eigenvalue weighted by Gasteiger charge is 2.31. The lowest BCUT2D eigenvalue weighted by atomic mass is 10.0. The lowest BCUT2D eigenvalue weighted by molar-refractivity contribution is 0.0558. The van der Waals surface area contributed by atoms with E-state index in [4.69, 9.17) is 4.74 Å². The molecule has 2 atom stereocenters. The molecule has 2 heterocycles. The monoisotopic (exact) mass is 334 g/mol. The third-order valence-electron chi connectivity index (χ3n) is 4.02. The number of ether oxygens (including phenoxy) is 1. The van der Waals surface area contributed by atoms with Gasteiger partial charge < -0.3 is 19.9 Å². The van der Waals surface area contributed by atoms with Crippen LogP contribution in [0, 0.1) is 5.92 Å². The summed E-state index contributed by atoms with van der Waals surface area (Å²) in [4.78, 5) is 32.0. The second-order valence-electron chi connectivity index (χ2n) is 6.66. The van der Waals surface area contributed by atoms with E-state index < -0.39 is 0 Å². The van der Waals surface area contributed by atoms with E-state index in [0.717, 1.165) is 0 Å². The Morgan fingerprint density at radius 1 is 1.54 bits per heavy atom. The Labute approximate surface area is 143 Å². The van der Waals surface area contributed by atoms with E-state index in [1.54, 1.807) is 42.2 Å². The van der Waals surface area contributed by atoms with Crippen LogP contribution in [0.4, 0.5) is 4.79 Å². The molecule has 1 aromatic rings. The largest absolute Gasteiger partial charge is 0.472 e. The summed E-state index contributed by atoms with van der Waals surface area (Å²) in [6.45, 7) is 6.81. The molecule has 7 heteroatoms. The molecule has 1 aromatic heterocycles. The number of aromatic nitrogens is 1. The first-order valence-corrected chi connectivity index (χ1v) is 8.18. The van der Waals surface area contributed by atoms with Crippen molar-refractivity contribution in [2.24, 2.45) is 5.92 Å². The average molecular weight is 334 g/mol. The number of hydrogen-bond acceptors (Lipinski definition) is 4. The molecule has 0 radical (unpaired) electrons. The van der Waals surface area contributed by atoms with Gasteiger partial charge in [0.15, 0.2) is 0 Å². The first-order valence-electron chi connectivity index (χ1n) is 8.18. The molecule has 0 fully saturated rings. The van der Waals surface area contributed by atoms with E-state index in [1.807, 2.05) is 20.8 Å². The van der Waals surface area contributed by atoms with Crippen molar-refractivity contribution in [3.8, 4) is 5.88 Å². The average Bonchev–Trinajstić information content (AvgIpc) is 2.52. The number of likely N-dealkylation sites (N-methyl/N-ethyl adjacent to an activating group) is 1. The maximum Gasteiger partial charge on any atom is 0.317 e. The maximum atomic E-state index is 12.4. The van der Waals surface area contributed by atoms with Crippen LogP contribution in [-0.4, -0.2) is 66.1 Å². The topological polar surface area (TPSA) is 74.8 Å². The molecule has 1 N–H and O–H groups in total. The van der Waals surface area contributed by atoms with Crippen LogP contribution in [0.2, 0.25) is 0 Å². The van der Waals surface area contributed by atoms with E-state index in [0.29, 0.717) is 24.5 Å². The number of pyridine rings is 1.